The molecule has 2 N–H and O–H groups in total. The van der Waals surface area contributed by atoms with Crippen LogP contribution in [-0.4, -0.2) is 5.48 Å². The standard InChI is InChI=1S/C7H5Cl3.H2O/c8-7(9,10)6-4-2-1-3-5-6;/h1-5H;1H2. The van der Waals surface area contributed by atoms with Crippen LogP contribution >= 0.6 is 34.8 Å². The maximum absolute atomic E-state index is 5.59. The molecule has 0 radical (unpaired) electrons. The van der Waals surface area contributed by atoms with E-state index in [9.17, 15) is 0 Å². The van der Waals surface area contributed by atoms with E-state index in [1.165, 1.54) is 0 Å². The number of benzene rings is 1. The average Bonchev–Trinajstić information content (AvgIpc) is 1.88. The lowest BCUT2D eigenvalue weighted by Crippen LogP contribution is -1.98. The minimum absolute atomic E-state index is 0. The maximum atomic E-state index is 5.59. The van der Waals surface area contributed by atoms with Crippen molar-refractivity contribution < 1.29 is 5.48 Å². The molecular formula is C7H7Cl3O. The van der Waals surface area contributed by atoms with Gasteiger partial charge >= 0.3 is 0 Å². The Kier molecular flexibility index (Phi) is 4.19. The highest BCUT2D eigenvalue weighted by Gasteiger charge is 2.21. The van der Waals surface area contributed by atoms with Gasteiger partial charge in [-0.1, -0.05) is 65.1 Å². The van der Waals surface area contributed by atoms with Gasteiger partial charge in [-0.25, -0.2) is 0 Å². The molecule has 0 amide bonds. The zero-order valence-corrected chi connectivity index (χ0v) is 7.79. The van der Waals surface area contributed by atoms with Crippen LogP contribution in [0.25, 0.3) is 0 Å². The Hall–Kier alpha value is 0.0500. The fourth-order valence-electron chi connectivity index (χ4n) is 0.627. The van der Waals surface area contributed by atoms with Crippen LogP contribution in [0.5, 0.6) is 0 Å². The second kappa shape index (κ2) is 4.17. The molecule has 1 aromatic rings. The van der Waals surface area contributed by atoms with Gasteiger partial charge in [0.05, 0.1) is 0 Å². The summed E-state index contributed by atoms with van der Waals surface area (Å²) in [6.07, 6.45) is 0. The molecule has 0 atom stereocenters. The molecule has 62 valence electrons. The van der Waals surface area contributed by atoms with E-state index in [-0.39, 0.29) is 5.48 Å². The Morgan fingerprint density at radius 2 is 1.36 bits per heavy atom. The van der Waals surface area contributed by atoms with E-state index in [4.69, 9.17) is 34.8 Å². The third-order valence-electron chi connectivity index (χ3n) is 1.10. The van der Waals surface area contributed by atoms with Crippen LogP contribution in [0, 0.1) is 0 Å². The summed E-state index contributed by atoms with van der Waals surface area (Å²) in [5.41, 5.74) is 0.694. The minimum Gasteiger partial charge on any atom is -0.412 e. The smallest absolute Gasteiger partial charge is 0.216 e. The van der Waals surface area contributed by atoms with Crippen molar-refractivity contribution in [2.45, 2.75) is 3.79 Å². The summed E-state index contributed by atoms with van der Waals surface area (Å²) in [6.45, 7) is 0. The molecule has 0 saturated heterocycles. The summed E-state index contributed by atoms with van der Waals surface area (Å²) >= 11 is 16.8. The van der Waals surface area contributed by atoms with Gasteiger partial charge in [-0.3, -0.25) is 0 Å². The highest BCUT2D eigenvalue weighted by atomic mass is 35.6. The molecule has 0 aromatic heterocycles. The average molecular weight is 213 g/mol. The fraction of sp³-hybridized carbons (Fsp3) is 0.143. The molecule has 1 rings (SSSR count). The Labute approximate surface area is 80.2 Å². The molecule has 11 heavy (non-hydrogen) atoms. The second-order valence-corrected chi connectivity index (χ2v) is 4.15. The van der Waals surface area contributed by atoms with E-state index in [1.54, 1.807) is 12.1 Å². The highest BCUT2D eigenvalue weighted by molar-refractivity contribution is 6.66. The molecule has 0 heterocycles. The van der Waals surface area contributed by atoms with Crippen LogP contribution in [0.3, 0.4) is 0 Å². The summed E-state index contributed by atoms with van der Waals surface area (Å²) in [4.78, 5) is 0. The fourth-order valence-corrected chi connectivity index (χ4v) is 1.01. The molecule has 0 spiro atoms. The molecule has 0 bridgehead atoms. The number of alkyl halides is 3. The summed E-state index contributed by atoms with van der Waals surface area (Å²) in [5, 5.41) is 0. The van der Waals surface area contributed by atoms with Gasteiger partial charge in [0.2, 0.25) is 3.79 Å². The first-order chi connectivity index (χ1) is 4.61. The van der Waals surface area contributed by atoms with E-state index < -0.39 is 3.79 Å². The topological polar surface area (TPSA) is 31.5 Å². The number of hydrogen-bond acceptors (Lipinski definition) is 0. The van der Waals surface area contributed by atoms with Crippen molar-refractivity contribution in [2.24, 2.45) is 0 Å². The van der Waals surface area contributed by atoms with E-state index in [0.717, 1.165) is 0 Å². The first-order valence-corrected chi connectivity index (χ1v) is 3.86. The van der Waals surface area contributed by atoms with Crippen LogP contribution in [0.15, 0.2) is 30.3 Å². The molecule has 0 aliphatic carbocycles. The third kappa shape index (κ3) is 3.30. The summed E-state index contributed by atoms with van der Waals surface area (Å²) in [5.74, 6) is 0. The molecule has 1 aromatic carbocycles. The molecular weight excluding hydrogens is 206 g/mol. The van der Waals surface area contributed by atoms with Crippen LogP contribution in [-0.2, 0) is 3.79 Å². The minimum atomic E-state index is -1.29. The lowest BCUT2D eigenvalue weighted by Gasteiger charge is -2.09. The lowest BCUT2D eigenvalue weighted by molar-refractivity contribution is 0.824. The van der Waals surface area contributed by atoms with Crippen LogP contribution in [0.1, 0.15) is 5.56 Å². The number of halogens is 3. The van der Waals surface area contributed by atoms with Gasteiger partial charge in [0.1, 0.15) is 0 Å². The SMILES string of the molecule is ClC(Cl)(Cl)c1ccccc1.O. The van der Waals surface area contributed by atoms with Gasteiger partial charge in [0.25, 0.3) is 0 Å². The van der Waals surface area contributed by atoms with Crippen molar-refractivity contribution in [1.82, 2.24) is 0 Å². The molecule has 0 unspecified atom stereocenters. The van der Waals surface area contributed by atoms with Gasteiger partial charge in [-0.05, 0) is 0 Å². The van der Waals surface area contributed by atoms with Crippen molar-refractivity contribution in [2.75, 3.05) is 0 Å². The largest absolute Gasteiger partial charge is 0.412 e. The van der Waals surface area contributed by atoms with Crippen molar-refractivity contribution >= 4 is 34.8 Å². The molecule has 0 saturated carbocycles. The Bertz CT molecular complexity index is 205. The zero-order chi connectivity index (χ0) is 7.61. The van der Waals surface area contributed by atoms with Crippen LogP contribution in [0.2, 0.25) is 0 Å². The zero-order valence-electron chi connectivity index (χ0n) is 5.52. The predicted octanol–water partition coefficient (Wildman–Crippen LogP) is 2.69. The lowest BCUT2D eigenvalue weighted by atomic mass is 10.2. The Morgan fingerprint density at radius 3 is 1.64 bits per heavy atom. The summed E-state index contributed by atoms with van der Waals surface area (Å²) < 4.78 is -1.29. The number of rotatable bonds is 0. The monoisotopic (exact) mass is 212 g/mol. The first-order valence-electron chi connectivity index (χ1n) is 2.73. The molecule has 0 fully saturated rings. The first kappa shape index (κ1) is 11.1. The molecule has 0 aliphatic rings. The third-order valence-corrected chi connectivity index (χ3v) is 1.76. The van der Waals surface area contributed by atoms with E-state index in [0.29, 0.717) is 5.56 Å². The van der Waals surface area contributed by atoms with E-state index in [1.807, 2.05) is 18.2 Å². The highest BCUT2D eigenvalue weighted by Crippen LogP contribution is 2.37. The molecule has 0 aliphatic heterocycles. The van der Waals surface area contributed by atoms with Crippen LogP contribution in [0.4, 0.5) is 0 Å². The maximum Gasteiger partial charge on any atom is 0.216 e. The quantitative estimate of drug-likeness (QED) is 0.594. The van der Waals surface area contributed by atoms with Crippen molar-refractivity contribution in [3.8, 4) is 0 Å². The van der Waals surface area contributed by atoms with Crippen molar-refractivity contribution in [3.63, 3.8) is 0 Å². The van der Waals surface area contributed by atoms with E-state index >= 15 is 0 Å². The Morgan fingerprint density at radius 1 is 0.909 bits per heavy atom. The van der Waals surface area contributed by atoms with Gasteiger partial charge < -0.3 is 5.48 Å². The van der Waals surface area contributed by atoms with Gasteiger partial charge in [0, 0.05) is 5.56 Å². The van der Waals surface area contributed by atoms with Gasteiger partial charge in [-0.2, -0.15) is 0 Å². The van der Waals surface area contributed by atoms with Gasteiger partial charge in [-0.15, -0.1) is 0 Å². The normalized spacial score (nSPS) is 10.5. The molecule has 1 nitrogen and oxygen atoms in total. The van der Waals surface area contributed by atoms with Crippen molar-refractivity contribution in [1.29, 1.82) is 0 Å². The number of hydrogen-bond donors (Lipinski definition) is 0. The predicted molar refractivity (Wildman–Crippen MR) is 49.3 cm³/mol. The second-order valence-electron chi connectivity index (χ2n) is 1.86. The van der Waals surface area contributed by atoms with Crippen LogP contribution < -0.4 is 0 Å². The Balaban J connectivity index is 0.000001000. The van der Waals surface area contributed by atoms with Gasteiger partial charge in [0.15, 0.2) is 0 Å². The van der Waals surface area contributed by atoms with Crippen molar-refractivity contribution in [3.05, 3.63) is 35.9 Å². The summed E-state index contributed by atoms with van der Waals surface area (Å²) in [7, 11) is 0. The van der Waals surface area contributed by atoms with E-state index in [2.05, 4.69) is 0 Å². The summed E-state index contributed by atoms with van der Waals surface area (Å²) in [6, 6.07) is 9.08. The molecule has 4 heteroatoms.